The van der Waals surface area contributed by atoms with Crippen molar-refractivity contribution in [2.45, 2.75) is 0 Å². The number of nitrogens with zero attached hydrogens (tertiary/aromatic N) is 2. The molecule has 0 bridgehead atoms. The molecule has 0 unspecified atom stereocenters. The third-order valence-electron chi connectivity index (χ3n) is 3.86. The number of hydrogen-bond donors (Lipinski definition) is 0. The van der Waals surface area contributed by atoms with Crippen LogP contribution in [0.25, 0.3) is 0 Å². The van der Waals surface area contributed by atoms with Crippen LogP contribution in [0, 0.1) is 0 Å². The zero-order chi connectivity index (χ0) is 19.8. The average molecular weight is 374 g/mol. The summed E-state index contributed by atoms with van der Waals surface area (Å²) < 4.78 is 35.8. The Morgan fingerprint density at radius 1 is 0.769 bits per heavy atom. The molecule has 0 fully saturated rings. The van der Waals surface area contributed by atoms with Gasteiger partial charge in [0.1, 0.15) is 26.3 Å². The second-order valence-corrected chi connectivity index (χ2v) is 7.41. The molecule has 1 aromatic rings. The summed E-state index contributed by atoms with van der Waals surface area (Å²) in [5.74, 6) is -1.07. The van der Waals surface area contributed by atoms with Crippen molar-refractivity contribution < 1.29 is 36.8 Å². The lowest BCUT2D eigenvalue weighted by atomic mass is 10.1. The number of halogens is 2. The smallest absolute Gasteiger partial charge is 0.338 e. The lowest BCUT2D eigenvalue weighted by Gasteiger charge is -2.25. The maximum Gasteiger partial charge on any atom is 0.338 e. The maximum atomic E-state index is 12.7. The molecule has 0 radical (unpaired) electrons. The number of ether oxygens (including phenoxy) is 2. The van der Waals surface area contributed by atoms with Crippen LogP contribution >= 0.6 is 0 Å². The van der Waals surface area contributed by atoms with E-state index in [1.54, 1.807) is 28.2 Å². The van der Waals surface area contributed by atoms with E-state index >= 15 is 0 Å². The van der Waals surface area contributed by atoms with E-state index in [2.05, 4.69) is 0 Å². The first kappa shape index (κ1) is 22.0. The number of quaternary nitrogens is 2. The number of rotatable bonds is 10. The Morgan fingerprint density at radius 2 is 1.08 bits per heavy atom. The van der Waals surface area contributed by atoms with Crippen molar-refractivity contribution in [2.24, 2.45) is 0 Å². The monoisotopic (exact) mass is 374 g/mol. The van der Waals surface area contributed by atoms with Crippen LogP contribution in [0.3, 0.4) is 0 Å². The van der Waals surface area contributed by atoms with Crippen LogP contribution < -0.4 is 0 Å². The van der Waals surface area contributed by atoms with Crippen LogP contribution in [0.15, 0.2) is 24.3 Å². The Bertz CT molecular complexity index is 551. The molecule has 0 aliphatic carbocycles. The summed E-state index contributed by atoms with van der Waals surface area (Å²) in [6, 6.07) is 5.87. The zero-order valence-electron chi connectivity index (χ0n) is 15.8. The summed E-state index contributed by atoms with van der Waals surface area (Å²) in [6.45, 7) is -0.170. The molecule has 0 spiro atoms. The number of carbonyl (C=O) groups is 2. The fraction of sp³-hybridized carbons (Fsp3) is 0.556. The van der Waals surface area contributed by atoms with Gasteiger partial charge in [0.25, 0.3) is 0 Å². The van der Waals surface area contributed by atoms with Gasteiger partial charge in [-0.15, -0.1) is 0 Å². The van der Waals surface area contributed by atoms with Crippen molar-refractivity contribution in [2.75, 3.05) is 68.1 Å². The minimum atomic E-state index is -0.546. The van der Waals surface area contributed by atoms with Crippen molar-refractivity contribution in [3.8, 4) is 0 Å². The van der Waals surface area contributed by atoms with Crippen LogP contribution in [-0.2, 0) is 9.47 Å². The third kappa shape index (κ3) is 7.45. The lowest BCUT2D eigenvalue weighted by Crippen LogP contribution is -2.41. The molecule has 0 saturated heterocycles. The van der Waals surface area contributed by atoms with Crippen LogP contribution in [0.1, 0.15) is 20.7 Å². The van der Waals surface area contributed by atoms with Gasteiger partial charge in [0.05, 0.1) is 39.3 Å². The quantitative estimate of drug-likeness (QED) is 0.357. The van der Waals surface area contributed by atoms with Crippen molar-refractivity contribution in [3.63, 3.8) is 0 Å². The Kier molecular flexibility index (Phi) is 8.10. The van der Waals surface area contributed by atoms with Gasteiger partial charge in [-0.1, -0.05) is 0 Å². The molecule has 0 aromatic heterocycles. The third-order valence-corrected chi connectivity index (χ3v) is 3.86. The lowest BCUT2D eigenvalue weighted by molar-refractivity contribution is -0.902. The van der Waals surface area contributed by atoms with Gasteiger partial charge < -0.3 is 9.47 Å². The van der Waals surface area contributed by atoms with Gasteiger partial charge in [-0.05, 0) is 24.3 Å². The molecular formula is C18H28F2N2O4+2. The first-order valence-electron chi connectivity index (χ1n) is 8.30. The van der Waals surface area contributed by atoms with Crippen LogP contribution in [0.5, 0.6) is 0 Å². The highest BCUT2D eigenvalue weighted by Crippen LogP contribution is 2.08. The highest BCUT2D eigenvalue weighted by Gasteiger charge is 2.17. The normalized spacial score (nSPS) is 11.9. The molecule has 0 N–H and O–H groups in total. The SMILES string of the molecule is C[N+](C)(CF)CCOC(=O)c1ccc(C(=O)OCC[N+](C)(C)CF)cc1. The summed E-state index contributed by atoms with van der Waals surface area (Å²) in [5, 5.41) is 0. The summed E-state index contributed by atoms with van der Waals surface area (Å²) >= 11 is 0. The van der Waals surface area contributed by atoms with Gasteiger partial charge in [-0.25, -0.2) is 9.59 Å². The second-order valence-electron chi connectivity index (χ2n) is 7.41. The Morgan fingerprint density at radius 3 is 1.35 bits per heavy atom. The summed E-state index contributed by atoms with van der Waals surface area (Å²) in [6.07, 6.45) is 0. The first-order valence-corrected chi connectivity index (χ1v) is 8.30. The molecule has 1 rings (SSSR count). The van der Waals surface area contributed by atoms with Gasteiger partial charge >= 0.3 is 11.9 Å². The average Bonchev–Trinajstić information content (AvgIpc) is 2.61. The van der Waals surface area contributed by atoms with E-state index in [0.717, 1.165) is 0 Å². The Balaban J connectivity index is 2.49. The Hall–Kier alpha value is -2.06. The molecule has 0 atom stereocenters. The van der Waals surface area contributed by atoms with Gasteiger partial charge in [0.15, 0.2) is 0 Å². The molecule has 6 nitrogen and oxygen atoms in total. The number of hydrogen-bond acceptors (Lipinski definition) is 4. The molecule has 0 amide bonds. The van der Waals surface area contributed by atoms with Crippen LogP contribution in [0.4, 0.5) is 8.78 Å². The molecule has 0 aliphatic heterocycles. The topological polar surface area (TPSA) is 52.6 Å². The number of carbonyl (C=O) groups excluding carboxylic acids is 2. The van der Waals surface area contributed by atoms with E-state index in [1.807, 2.05) is 0 Å². The van der Waals surface area contributed by atoms with Gasteiger partial charge in [-0.2, -0.15) is 8.78 Å². The molecule has 0 aliphatic rings. The van der Waals surface area contributed by atoms with Gasteiger partial charge in [0.2, 0.25) is 13.6 Å². The van der Waals surface area contributed by atoms with Gasteiger partial charge in [-0.3, -0.25) is 8.97 Å². The van der Waals surface area contributed by atoms with E-state index in [0.29, 0.717) is 24.2 Å². The first-order chi connectivity index (χ1) is 12.1. The minimum Gasteiger partial charge on any atom is -0.456 e. The molecular weight excluding hydrogens is 346 g/mol. The van der Waals surface area contributed by atoms with Crippen molar-refractivity contribution in [1.82, 2.24) is 0 Å². The van der Waals surface area contributed by atoms with E-state index in [1.165, 1.54) is 24.3 Å². The minimum absolute atomic E-state index is 0.0994. The van der Waals surface area contributed by atoms with E-state index in [9.17, 15) is 18.4 Å². The van der Waals surface area contributed by atoms with Crippen molar-refractivity contribution >= 4 is 11.9 Å². The molecule has 26 heavy (non-hydrogen) atoms. The van der Waals surface area contributed by atoms with Crippen LogP contribution in [0.2, 0.25) is 0 Å². The molecule has 0 heterocycles. The Labute approximate surface area is 153 Å². The predicted octanol–water partition coefficient (Wildman–Crippen LogP) is 2.01. The number of alkyl halides is 2. The van der Waals surface area contributed by atoms with E-state index < -0.39 is 25.5 Å². The fourth-order valence-corrected chi connectivity index (χ4v) is 1.80. The van der Waals surface area contributed by atoms with Gasteiger partial charge in [0, 0.05) is 0 Å². The summed E-state index contributed by atoms with van der Waals surface area (Å²) in [7, 11) is 6.79. The highest BCUT2D eigenvalue weighted by molar-refractivity contribution is 5.93. The van der Waals surface area contributed by atoms with E-state index in [4.69, 9.17) is 9.47 Å². The fourth-order valence-electron chi connectivity index (χ4n) is 1.80. The maximum absolute atomic E-state index is 12.7. The number of esters is 2. The molecule has 1 aromatic carbocycles. The highest BCUT2D eigenvalue weighted by atomic mass is 19.1. The molecule has 8 heteroatoms. The van der Waals surface area contributed by atoms with E-state index in [-0.39, 0.29) is 22.2 Å². The molecule has 146 valence electrons. The molecule has 0 saturated carbocycles. The largest absolute Gasteiger partial charge is 0.456 e. The standard InChI is InChI=1S/C18H28F2N2O4/c1-21(2,13-19)9-11-25-17(23)15-5-7-16(8-6-15)18(24)26-12-10-22(3,4)14-20/h5-8H,9-14H2,1-4H3/q+2. The summed E-state index contributed by atoms with van der Waals surface area (Å²) in [4.78, 5) is 23.9. The van der Waals surface area contributed by atoms with Crippen LogP contribution in [-0.4, -0.2) is 89.0 Å². The predicted molar refractivity (Wildman–Crippen MR) is 92.9 cm³/mol. The second kappa shape index (κ2) is 9.59. The number of benzene rings is 1. The van der Waals surface area contributed by atoms with Crippen molar-refractivity contribution in [1.29, 1.82) is 0 Å². The van der Waals surface area contributed by atoms with Crippen molar-refractivity contribution in [3.05, 3.63) is 35.4 Å². The summed E-state index contributed by atoms with van der Waals surface area (Å²) in [5.41, 5.74) is 0.588. The zero-order valence-corrected chi connectivity index (χ0v) is 15.8. The number of likely N-dealkylation sites (N-methyl/N-ethyl adjacent to an activating group) is 2.